The van der Waals surface area contributed by atoms with Gasteiger partial charge in [-0.25, -0.2) is 4.79 Å². The van der Waals surface area contributed by atoms with Gasteiger partial charge in [0.25, 0.3) is 0 Å². The summed E-state index contributed by atoms with van der Waals surface area (Å²) in [6.07, 6.45) is 0. The van der Waals surface area contributed by atoms with E-state index in [2.05, 4.69) is 5.10 Å². The van der Waals surface area contributed by atoms with Crippen molar-refractivity contribution in [3.05, 3.63) is 11.3 Å². The highest BCUT2D eigenvalue weighted by Crippen LogP contribution is 2.19. The topological polar surface area (TPSA) is 70.1 Å². The minimum atomic E-state index is -0.522. The highest BCUT2D eigenvalue weighted by molar-refractivity contribution is 5.95. The van der Waals surface area contributed by atoms with Crippen LogP contribution >= 0.6 is 0 Å². The minimum absolute atomic E-state index is 0.335. The third-order valence-electron chi connectivity index (χ3n) is 1.87. The standard InChI is InChI=1S/C10H17N3O2/c1-6-7(8(11)13(5)12-6)9(14)15-10(2,3)4/h11H2,1-5H3. The molecule has 5 heteroatoms. The zero-order chi connectivity index (χ0) is 11.8. The first-order valence-corrected chi connectivity index (χ1v) is 4.75. The number of ether oxygens (including phenoxy) is 1. The average Bonchev–Trinajstić information content (AvgIpc) is 2.22. The molecule has 0 spiro atoms. The van der Waals surface area contributed by atoms with Crippen molar-refractivity contribution in [1.29, 1.82) is 0 Å². The number of aryl methyl sites for hydroxylation is 2. The van der Waals surface area contributed by atoms with E-state index in [1.54, 1.807) is 14.0 Å². The number of aromatic nitrogens is 2. The van der Waals surface area contributed by atoms with Crippen LogP contribution in [0, 0.1) is 6.92 Å². The second-order valence-electron chi connectivity index (χ2n) is 4.47. The molecule has 1 aromatic heterocycles. The lowest BCUT2D eigenvalue weighted by Gasteiger charge is -2.19. The fraction of sp³-hybridized carbons (Fsp3) is 0.600. The lowest BCUT2D eigenvalue weighted by atomic mass is 10.2. The van der Waals surface area contributed by atoms with Crippen LogP contribution in [-0.4, -0.2) is 21.4 Å². The van der Waals surface area contributed by atoms with Gasteiger partial charge in [0.1, 0.15) is 17.0 Å². The van der Waals surface area contributed by atoms with Crippen LogP contribution in [0.25, 0.3) is 0 Å². The van der Waals surface area contributed by atoms with E-state index < -0.39 is 11.6 Å². The third-order valence-corrected chi connectivity index (χ3v) is 1.87. The number of nitrogen functional groups attached to an aromatic ring is 1. The normalized spacial score (nSPS) is 11.5. The van der Waals surface area contributed by atoms with Gasteiger partial charge in [-0.3, -0.25) is 4.68 Å². The summed E-state index contributed by atoms with van der Waals surface area (Å²) in [5.74, 6) is -0.0904. The smallest absolute Gasteiger partial charge is 0.344 e. The second-order valence-corrected chi connectivity index (χ2v) is 4.47. The third kappa shape index (κ3) is 2.49. The van der Waals surface area contributed by atoms with Gasteiger partial charge in [-0.1, -0.05) is 0 Å². The quantitative estimate of drug-likeness (QED) is 0.710. The molecule has 1 rings (SSSR count). The molecule has 0 aliphatic rings. The molecule has 0 amide bonds. The fourth-order valence-corrected chi connectivity index (χ4v) is 1.26. The average molecular weight is 211 g/mol. The highest BCUT2D eigenvalue weighted by Gasteiger charge is 2.24. The van der Waals surface area contributed by atoms with Crippen molar-refractivity contribution in [2.45, 2.75) is 33.3 Å². The molecule has 1 heterocycles. The molecule has 0 bridgehead atoms. The van der Waals surface area contributed by atoms with Gasteiger partial charge in [0.15, 0.2) is 0 Å². The van der Waals surface area contributed by atoms with Crippen molar-refractivity contribution < 1.29 is 9.53 Å². The van der Waals surface area contributed by atoms with E-state index >= 15 is 0 Å². The summed E-state index contributed by atoms with van der Waals surface area (Å²) in [6.45, 7) is 7.17. The van der Waals surface area contributed by atoms with Crippen molar-refractivity contribution in [3.8, 4) is 0 Å². The molecule has 0 radical (unpaired) electrons. The van der Waals surface area contributed by atoms with Crippen molar-refractivity contribution in [2.24, 2.45) is 7.05 Å². The molecule has 0 aliphatic carbocycles. The summed E-state index contributed by atoms with van der Waals surface area (Å²) in [7, 11) is 1.69. The molecule has 5 nitrogen and oxygen atoms in total. The van der Waals surface area contributed by atoms with Crippen LogP contribution in [0.5, 0.6) is 0 Å². The Bertz CT molecular complexity index is 388. The molecule has 15 heavy (non-hydrogen) atoms. The van der Waals surface area contributed by atoms with Gasteiger partial charge in [-0.15, -0.1) is 0 Å². The summed E-state index contributed by atoms with van der Waals surface area (Å²) >= 11 is 0. The van der Waals surface area contributed by atoms with Crippen LogP contribution < -0.4 is 5.73 Å². The SMILES string of the molecule is Cc1nn(C)c(N)c1C(=O)OC(C)(C)C. The number of nitrogens with two attached hydrogens (primary N) is 1. The Kier molecular flexibility index (Phi) is 2.75. The number of carbonyl (C=O) groups is 1. The maximum atomic E-state index is 11.8. The van der Waals surface area contributed by atoms with Gasteiger partial charge in [0.05, 0.1) is 5.69 Å². The van der Waals surface area contributed by atoms with Crippen LogP contribution in [0.4, 0.5) is 5.82 Å². The molecular weight excluding hydrogens is 194 g/mol. The number of carbonyl (C=O) groups excluding carboxylic acids is 1. The molecule has 0 unspecified atom stereocenters. The molecule has 2 N–H and O–H groups in total. The van der Waals surface area contributed by atoms with Gasteiger partial charge >= 0.3 is 5.97 Å². The first kappa shape index (κ1) is 11.6. The molecule has 0 saturated carbocycles. The Morgan fingerprint density at radius 2 is 2.00 bits per heavy atom. The second kappa shape index (κ2) is 3.56. The lowest BCUT2D eigenvalue weighted by molar-refractivity contribution is 0.00700. The monoisotopic (exact) mass is 211 g/mol. The lowest BCUT2D eigenvalue weighted by Crippen LogP contribution is -2.24. The van der Waals surface area contributed by atoms with Gasteiger partial charge in [0.2, 0.25) is 0 Å². The van der Waals surface area contributed by atoms with Crippen molar-refractivity contribution in [2.75, 3.05) is 5.73 Å². The van der Waals surface area contributed by atoms with E-state index in [1.165, 1.54) is 4.68 Å². The van der Waals surface area contributed by atoms with Crippen molar-refractivity contribution in [3.63, 3.8) is 0 Å². The van der Waals surface area contributed by atoms with Crippen molar-refractivity contribution >= 4 is 11.8 Å². The van der Waals surface area contributed by atoms with Crippen molar-refractivity contribution in [1.82, 2.24) is 9.78 Å². The van der Waals surface area contributed by atoms with E-state index in [1.807, 2.05) is 20.8 Å². The number of hydrogen-bond acceptors (Lipinski definition) is 4. The molecule has 1 aromatic rings. The number of hydrogen-bond donors (Lipinski definition) is 1. The van der Waals surface area contributed by atoms with Gasteiger partial charge in [-0.2, -0.15) is 5.10 Å². The molecule has 0 fully saturated rings. The van der Waals surface area contributed by atoms with E-state index in [0.29, 0.717) is 17.1 Å². The molecule has 0 aromatic carbocycles. The van der Waals surface area contributed by atoms with E-state index in [9.17, 15) is 4.79 Å². The number of anilines is 1. The van der Waals surface area contributed by atoms with Crippen LogP contribution in [0.3, 0.4) is 0 Å². The molecule has 0 atom stereocenters. The predicted octanol–water partition coefficient (Wildman–Crippen LogP) is 1.27. The largest absolute Gasteiger partial charge is 0.456 e. The number of esters is 1. The summed E-state index contributed by atoms with van der Waals surface area (Å²) in [6, 6.07) is 0. The first-order chi connectivity index (χ1) is 6.72. The van der Waals surface area contributed by atoms with Crippen LogP contribution in [0.1, 0.15) is 36.8 Å². The van der Waals surface area contributed by atoms with E-state index in [-0.39, 0.29) is 0 Å². The zero-order valence-electron chi connectivity index (χ0n) is 9.79. The Morgan fingerprint density at radius 3 is 2.33 bits per heavy atom. The first-order valence-electron chi connectivity index (χ1n) is 4.75. The summed E-state index contributed by atoms with van der Waals surface area (Å²) in [4.78, 5) is 11.8. The number of nitrogens with zero attached hydrogens (tertiary/aromatic N) is 2. The maximum absolute atomic E-state index is 11.8. The maximum Gasteiger partial charge on any atom is 0.344 e. The summed E-state index contributed by atoms with van der Waals surface area (Å²) < 4.78 is 6.69. The zero-order valence-corrected chi connectivity index (χ0v) is 9.79. The fourth-order valence-electron chi connectivity index (χ4n) is 1.26. The molecule has 0 aliphatic heterocycles. The molecule has 0 saturated heterocycles. The Morgan fingerprint density at radius 1 is 1.47 bits per heavy atom. The van der Waals surface area contributed by atoms with Crippen LogP contribution in [-0.2, 0) is 11.8 Å². The Labute approximate surface area is 89.2 Å². The van der Waals surface area contributed by atoms with Crippen LogP contribution in [0.2, 0.25) is 0 Å². The van der Waals surface area contributed by atoms with Gasteiger partial charge in [-0.05, 0) is 27.7 Å². The summed E-state index contributed by atoms with van der Waals surface area (Å²) in [5.41, 5.74) is 6.14. The Balaban J connectivity index is 3.02. The van der Waals surface area contributed by atoms with Gasteiger partial charge in [0, 0.05) is 7.05 Å². The predicted molar refractivity (Wildman–Crippen MR) is 57.5 cm³/mol. The van der Waals surface area contributed by atoms with E-state index in [4.69, 9.17) is 10.5 Å². The van der Waals surface area contributed by atoms with Crippen LogP contribution in [0.15, 0.2) is 0 Å². The highest BCUT2D eigenvalue weighted by atomic mass is 16.6. The molecular formula is C10H17N3O2. The Hall–Kier alpha value is -1.52. The number of rotatable bonds is 1. The minimum Gasteiger partial charge on any atom is -0.456 e. The van der Waals surface area contributed by atoms with Gasteiger partial charge < -0.3 is 10.5 Å². The summed E-state index contributed by atoms with van der Waals surface area (Å²) in [5, 5.41) is 4.05. The van der Waals surface area contributed by atoms with E-state index in [0.717, 1.165) is 0 Å². The molecule has 84 valence electrons.